The molecule has 0 unspecified atom stereocenters. The van der Waals surface area contributed by atoms with Crippen LogP contribution in [0, 0.1) is 0 Å². The highest BCUT2D eigenvalue weighted by Crippen LogP contribution is 2.38. The summed E-state index contributed by atoms with van der Waals surface area (Å²) in [6.45, 7) is 1.73. The van der Waals surface area contributed by atoms with Crippen LogP contribution in [0.3, 0.4) is 0 Å². The van der Waals surface area contributed by atoms with Gasteiger partial charge in [0.15, 0.2) is 0 Å². The zero-order valence-corrected chi connectivity index (χ0v) is 7.70. The van der Waals surface area contributed by atoms with Gasteiger partial charge >= 0.3 is 17.8 Å². The van der Waals surface area contributed by atoms with Crippen molar-refractivity contribution in [1.29, 1.82) is 0 Å². The van der Waals surface area contributed by atoms with E-state index in [9.17, 15) is 22.4 Å². The lowest BCUT2D eigenvalue weighted by Crippen LogP contribution is -2.46. The maximum absolute atomic E-state index is 12.6. The standard InChI is InChI=1S/C8H12F4O2/c1-2-3-4-5-7(9,10)8(11,12)6(13)14/h2-5H2,1H3,(H,13,14). The van der Waals surface area contributed by atoms with Gasteiger partial charge in [-0.2, -0.15) is 17.6 Å². The predicted octanol–water partition coefficient (Wildman–Crippen LogP) is 2.92. The van der Waals surface area contributed by atoms with Gasteiger partial charge in [-0.25, -0.2) is 4.79 Å². The van der Waals surface area contributed by atoms with Gasteiger partial charge in [0.2, 0.25) is 0 Å². The van der Waals surface area contributed by atoms with Crippen molar-refractivity contribution in [3.63, 3.8) is 0 Å². The second-order valence-corrected chi connectivity index (χ2v) is 3.04. The zero-order chi connectivity index (χ0) is 11.4. The van der Waals surface area contributed by atoms with Gasteiger partial charge in [0, 0.05) is 6.42 Å². The number of carboxylic acid groups (broad SMARTS) is 1. The van der Waals surface area contributed by atoms with Gasteiger partial charge in [-0.3, -0.25) is 0 Å². The Labute approximate surface area is 78.9 Å². The van der Waals surface area contributed by atoms with E-state index in [2.05, 4.69) is 0 Å². The molecule has 0 aliphatic rings. The molecule has 2 nitrogen and oxygen atoms in total. The number of unbranched alkanes of at least 4 members (excludes halogenated alkanes) is 2. The molecule has 0 aromatic heterocycles. The van der Waals surface area contributed by atoms with Crippen molar-refractivity contribution >= 4 is 5.97 Å². The summed E-state index contributed by atoms with van der Waals surface area (Å²) < 4.78 is 50.1. The number of hydrogen-bond donors (Lipinski definition) is 1. The minimum absolute atomic E-state index is 0.105. The van der Waals surface area contributed by atoms with Crippen LogP contribution in [-0.2, 0) is 4.79 Å². The number of hydrogen-bond acceptors (Lipinski definition) is 1. The molecule has 0 aromatic carbocycles. The number of rotatable bonds is 6. The summed E-state index contributed by atoms with van der Waals surface area (Å²) in [7, 11) is 0. The first-order chi connectivity index (χ1) is 6.25. The van der Waals surface area contributed by atoms with Crippen molar-refractivity contribution in [3.05, 3.63) is 0 Å². The molecule has 84 valence electrons. The van der Waals surface area contributed by atoms with E-state index < -0.39 is 24.2 Å². The van der Waals surface area contributed by atoms with E-state index in [4.69, 9.17) is 5.11 Å². The van der Waals surface area contributed by atoms with Crippen LogP contribution in [0.2, 0.25) is 0 Å². The molecule has 0 aromatic rings. The number of aliphatic carboxylic acids is 1. The van der Waals surface area contributed by atoms with Crippen molar-refractivity contribution in [2.75, 3.05) is 0 Å². The topological polar surface area (TPSA) is 37.3 Å². The second kappa shape index (κ2) is 4.61. The molecule has 0 radical (unpaired) electrons. The van der Waals surface area contributed by atoms with Gasteiger partial charge in [0.1, 0.15) is 0 Å². The van der Waals surface area contributed by atoms with Crippen molar-refractivity contribution in [2.45, 2.75) is 44.5 Å². The minimum Gasteiger partial charge on any atom is -0.477 e. The third-order valence-corrected chi connectivity index (χ3v) is 1.82. The zero-order valence-electron chi connectivity index (χ0n) is 7.70. The molecule has 1 N–H and O–H groups in total. The van der Waals surface area contributed by atoms with Crippen LogP contribution in [0.5, 0.6) is 0 Å². The highest BCUT2D eigenvalue weighted by molar-refractivity contribution is 5.76. The minimum atomic E-state index is -4.97. The molecule has 0 bridgehead atoms. The van der Waals surface area contributed by atoms with E-state index in [0.717, 1.165) is 0 Å². The number of carboxylic acids is 1. The molecule has 0 atom stereocenters. The molecule has 0 aliphatic heterocycles. The summed E-state index contributed by atoms with van der Waals surface area (Å²) in [5.74, 6) is -12.2. The summed E-state index contributed by atoms with van der Waals surface area (Å²) in [6, 6.07) is 0. The van der Waals surface area contributed by atoms with E-state index in [-0.39, 0.29) is 6.42 Å². The van der Waals surface area contributed by atoms with E-state index in [1.54, 1.807) is 6.92 Å². The number of carbonyl (C=O) groups is 1. The average molecular weight is 216 g/mol. The Morgan fingerprint density at radius 1 is 1.21 bits per heavy atom. The van der Waals surface area contributed by atoms with Crippen LogP contribution in [0.4, 0.5) is 17.6 Å². The largest absolute Gasteiger partial charge is 0.477 e. The van der Waals surface area contributed by atoms with Crippen molar-refractivity contribution in [1.82, 2.24) is 0 Å². The monoisotopic (exact) mass is 216 g/mol. The molecule has 0 fully saturated rings. The SMILES string of the molecule is CCCCCC(F)(F)C(F)(F)C(=O)O. The Morgan fingerprint density at radius 3 is 2.07 bits per heavy atom. The van der Waals surface area contributed by atoms with Gasteiger partial charge in [-0.1, -0.05) is 19.8 Å². The van der Waals surface area contributed by atoms with Crippen LogP contribution in [-0.4, -0.2) is 22.9 Å². The van der Waals surface area contributed by atoms with Crippen LogP contribution in [0.25, 0.3) is 0 Å². The van der Waals surface area contributed by atoms with Gasteiger partial charge in [0.05, 0.1) is 0 Å². The van der Waals surface area contributed by atoms with Crippen LogP contribution in [0.15, 0.2) is 0 Å². The molecule has 0 rings (SSSR count). The normalized spacial score (nSPS) is 12.9. The van der Waals surface area contributed by atoms with E-state index in [1.165, 1.54) is 0 Å². The van der Waals surface area contributed by atoms with Crippen molar-refractivity contribution < 1.29 is 27.5 Å². The maximum atomic E-state index is 12.6. The fraction of sp³-hybridized carbons (Fsp3) is 0.875. The Bertz CT molecular complexity index is 204. The fourth-order valence-electron chi connectivity index (χ4n) is 0.910. The van der Waals surface area contributed by atoms with Gasteiger partial charge in [-0.05, 0) is 6.42 Å². The van der Waals surface area contributed by atoms with Crippen LogP contribution >= 0.6 is 0 Å². The van der Waals surface area contributed by atoms with Crippen molar-refractivity contribution in [3.8, 4) is 0 Å². The first-order valence-electron chi connectivity index (χ1n) is 4.24. The average Bonchev–Trinajstić information content (AvgIpc) is 2.04. The Hall–Kier alpha value is -0.810. The molecule has 0 spiro atoms. The number of halogens is 4. The maximum Gasteiger partial charge on any atom is 0.404 e. The molecule has 6 heteroatoms. The summed E-state index contributed by atoms with van der Waals surface area (Å²) in [4.78, 5) is 9.87. The van der Waals surface area contributed by atoms with Gasteiger partial charge in [-0.15, -0.1) is 0 Å². The Balaban J connectivity index is 4.36. The summed E-state index contributed by atoms with van der Waals surface area (Å²) in [5.41, 5.74) is 0. The second-order valence-electron chi connectivity index (χ2n) is 3.04. The number of alkyl halides is 4. The van der Waals surface area contributed by atoms with E-state index in [0.29, 0.717) is 12.8 Å². The van der Waals surface area contributed by atoms with Gasteiger partial charge < -0.3 is 5.11 Å². The lowest BCUT2D eigenvalue weighted by molar-refractivity contribution is -0.226. The molecule has 0 heterocycles. The highest BCUT2D eigenvalue weighted by atomic mass is 19.3. The Morgan fingerprint density at radius 2 is 1.71 bits per heavy atom. The van der Waals surface area contributed by atoms with E-state index >= 15 is 0 Å². The quantitative estimate of drug-likeness (QED) is 0.547. The highest BCUT2D eigenvalue weighted by Gasteiger charge is 2.61. The fourth-order valence-corrected chi connectivity index (χ4v) is 0.910. The molecular weight excluding hydrogens is 204 g/mol. The summed E-state index contributed by atoms with van der Waals surface area (Å²) in [5, 5.41) is 7.90. The van der Waals surface area contributed by atoms with Gasteiger partial charge in [0.25, 0.3) is 0 Å². The van der Waals surface area contributed by atoms with Crippen LogP contribution < -0.4 is 0 Å². The lowest BCUT2D eigenvalue weighted by Gasteiger charge is -2.22. The summed E-state index contributed by atoms with van der Waals surface area (Å²) >= 11 is 0. The lowest BCUT2D eigenvalue weighted by atomic mass is 10.0. The first-order valence-corrected chi connectivity index (χ1v) is 4.24. The predicted molar refractivity (Wildman–Crippen MR) is 41.7 cm³/mol. The molecule has 0 aliphatic carbocycles. The molecular formula is C8H12F4O2. The molecule has 0 saturated carbocycles. The third kappa shape index (κ3) is 2.85. The summed E-state index contributed by atoms with van der Waals surface area (Å²) in [6.07, 6.45) is -0.216. The smallest absolute Gasteiger partial charge is 0.404 e. The first kappa shape index (κ1) is 13.2. The van der Waals surface area contributed by atoms with E-state index in [1.807, 2.05) is 0 Å². The van der Waals surface area contributed by atoms with Crippen LogP contribution in [0.1, 0.15) is 32.6 Å². The molecule has 0 saturated heterocycles. The Kier molecular flexibility index (Phi) is 4.35. The van der Waals surface area contributed by atoms with Crippen molar-refractivity contribution in [2.24, 2.45) is 0 Å². The molecule has 0 amide bonds. The third-order valence-electron chi connectivity index (χ3n) is 1.82. The molecule has 14 heavy (non-hydrogen) atoms.